The molecule has 0 saturated carbocycles. The molecular formula is C61H110O6. The number of rotatable bonds is 53. The minimum absolute atomic E-state index is 0.0746. The Morgan fingerprint density at radius 3 is 0.851 bits per heavy atom. The van der Waals surface area contributed by atoms with Crippen LogP contribution in [0.25, 0.3) is 0 Å². The minimum Gasteiger partial charge on any atom is -0.462 e. The average molecular weight is 940 g/mol. The molecule has 0 saturated heterocycles. The SMILES string of the molecule is CCCCC/C=C\C/C=C\CCCCCCCCCCCC(=O)OC[C@@H](COC(=O)CCCCCCCCCCCCCCC)OC(=O)CCCCCCCCC/C=C\C/C=C\CCCCC. The van der Waals surface area contributed by atoms with Crippen molar-refractivity contribution in [2.45, 2.75) is 309 Å². The second-order valence-electron chi connectivity index (χ2n) is 19.6. The van der Waals surface area contributed by atoms with Gasteiger partial charge in [0.15, 0.2) is 6.10 Å². The molecule has 0 heterocycles. The second kappa shape index (κ2) is 56.0. The summed E-state index contributed by atoms with van der Waals surface area (Å²) in [6.45, 7) is 6.61. The molecule has 0 N–H and O–H groups in total. The summed E-state index contributed by atoms with van der Waals surface area (Å²) in [4.78, 5) is 38.2. The molecule has 0 aromatic carbocycles. The summed E-state index contributed by atoms with van der Waals surface area (Å²) in [6.07, 6.45) is 68.1. The minimum atomic E-state index is -0.777. The summed E-state index contributed by atoms with van der Waals surface area (Å²) in [5, 5.41) is 0. The molecule has 6 nitrogen and oxygen atoms in total. The third kappa shape index (κ3) is 54.2. The molecule has 0 amide bonds. The highest BCUT2D eigenvalue weighted by Gasteiger charge is 2.19. The maximum absolute atomic E-state index is 12.9. The van der Waals surface area contributed by atoms with Gasteiger partial charge in [-0.05, 0) is 83.5 Å². The van der Waals surface area contributed by atoms with Crippen LogP contribution < -0.4 is 0 Å². The number of esters is 3. The van der Waals surface area contributed by atoms with Crippen molar-refractivity contribution >= 4 is 17.9 Å². The smallest absolute Gasteiger partial charge is 0.306 e. The van der Waals surface area contributed by atoms with Gasteiger partial charge in [-0.1, -0.05) is 249 Å². The van der Waals surface area contributed by atoms with Gasteiger partial charge in [0.1, 0.15) is 13.2 Å². The molecule has 390 valence electrons. The zero-order valence-corrected chi connectivity index (χ0v) is 44.7. The van der Waals surface area contributed by atoms with E-state index >= 15 is 0 Å². The van der Waals surface area contributed by atoms with Crippen molar-refractivity contribution in [1.29, 1.82) is 0 Å². The van der Waals surface area contributed by atoms with E-state index in [4.69, 9.17) is 14.2 Å². The molecule has 0 radical (unpaired) electrons. The Morgan fingerprint density at radius 2 is 0.537 bits per heavy atom. The Morgan fingerprint density at radius 1 is 0.299 bits per heavy atom. The zero-order chi connectivity index (χ0) is 48.6. The maximum atomic E-state index is 12.9. The molecule has 0 aromatic rings. The van der Waals surface area contributed by atoms with Crippen molar-refractivity contribution in [2.24, 2.45) is 0 Å². The molecule has 1 atom stereocenters. The normalized spacial score (nSPS) is 12.3. The van der Waals surface area contributed by atoms with E-state index in [0.29, 0.717) is 19.3 Å². The Labute approximate surface area is 416 Å². The monoisotopic (exact) mass is 939 g/mol. The zero-order valence-electron chi connectivity index (χ0n) is 44.7. The van der Waals surface area contributed by atoms with E-state index in [0.717, 1.165) is 77.0 Å². The summed E-state index contributed by atoms with van der Waals surface area (Å²) in [6, 6.07) is 0. The Kier molecular flexibility index (Phi) is 53.8. The number of carbonyl (C=O) groups is 3. The van der Waals surface area contributed by atoms with Crippen LogP contribution in [0, 0.1) is 0 Å². The van der Waals surface area contributed by atoms with Gasteiger partial charge in [-0.25, -0.2) is 0 Å². The van der Waals surface area contributed by atoms with E-state index in [2.05, 4.69) is 69.4 Å². The van der Waals surface area contributed by atoms with E-state index in [1.165, 1.54) is 186 Å². The molecule has 0 fully saturated rings. The van der Waals surface area contributed by atoms with E-state index < -0.39 is 6.10 Å². The largest absolute Gasteiger partial charge is 0.462 e. The highest BCUT2D eigenvalue weighted by atomic mass is 16.6. The standard InChI is InChI=1S/C61H110O6/c1-4-7-10-13-16-19-22-25-27-29-30-32-33-36-39-42-45-48-51-54-60(63)66-57-58(56-65-59(62)53-50-47-44-41-38-35-24-21-18-15-12-9-6-3)67-61(64)55-52-49-46-43-40-37-34-31-28-26-23-20-17-14-11-8-5-2/h16-17,19-20,25-28,58H,4-15,18,21-24,29-57H2,1-3H3/b19-16-,20-17-,27-25-,28-26-/t58-/m1/s1. The van der Waals surface area contributed by atoms with Crippen LogP contribution >= 0.6 is 0 Å². The number of hydrogen-bond donors (Lipinski definition) is 0. The van der Waals surface area contributed by atoms with E-state index in [1.54, 1.807) is 0 Å². The van der Waals surface area contributed by atoms with Gasteiger partial charge in [-0.2, -0.15) is 0 Å². The molecule has 0 bridgehead atoms. The van der Waals surface area contributed by atoms with Crippen molar-refractivity contribution in [3.05, 3.63) is 48.6 Å². The topological polar surface area (TPSA) is 78.9 Å². The molecule has 0 aromatic heterocycles. The fraction of sp³-hybridized carbons (Fsp3) is 0.820. The molecular weight excluding hydrogens is 829 g/mol. The van der Waals surface area contributed by atoms with E-state index in [9.17, 15) is 14.4 Å². The molecule has 0 spiro atoms. The highest BCUT2D eigenvalue weighted by molar-refractivity contribution is 5.71. The lowest BCUT2D eigenvalue weighted by atomic mass is 10.0. The van der Waals surface area contributed by atoms with Crippen molar-refractivity contribution < 1.29 is 28.6 Å². The van der Waals surface area contributed by atoms with Gasteiger partial charge >= 0.3 is 17.9 Å². The van der Waals surface area contributed by atoms with E-state index in [-0.39, 0.29) is 31.1 Å². The summed E-state index contributed by atoms with van der Waals surface area (Å²) in [5.74, 6) is -0.872. The van der Waals surface area contributed by atoms with Crippen molar-refractivity contribution in [2.75, 3.05) is 13.2 Å². The quantitative estimate of drug-likeness (QED) is 0.0262. The molecule has 6 heteroatoms. The van der Waals surface area contributed by atoms with Crippen LogP contribution in [0.3, 0.4) is 0 Å². The lowest BCUT2D eigenvalue weighted by Gasteiger charge is -2.18. The van der Waals surface area contributed by atoms with Crippen molar-refractivity contribution in [3.8, 4) is 0 Å². The predicted octanol–water partition coefficient (Wildman–Crippen LogP) is 19.4. The summed E-state index contributed by atoms with van der Waals surface area (Å²) in [7, 11) is 0. The number of unbranched alkanes of at least 4 members (excludes halogenated alkanes) is 34. The van der Waals surface area contributed by atoms with Gasteiger partial charge in [-0.15, -0.1) is 0 Å². The molecule has 0 aliphatic rings. The fourth-order valence-electron chi connectivity index (χ4n) is 8.39. The maximum Gasteiger partial charge on any atom is 0.306 e. The van der Waals surface area contributed by atoms with Gasteiger partial charge in [-0.3, -0.25) is 14.4 Å². The van der Waals surface area contributed by atoms with E-state index in [1.807, 2.05) is 0 Å². The number of carbonyl (C=O) groups excluding carboxylic acids is 3. The van der Waals surface area contributed by atoms with Crippen LogP contribution in [0.4, 0.5) is 0 Å². The molecule has 0 aliphatic heterocycles. The van der Waals surface area contributed by atoms with Gasteiger partial charge in [0.05, 0.1) is 0 Å². The van der Waals surface area contributed by atoms with Gasteiger partial charge < -0.3 is 14.2 Å². The van der Waals surface area contributed by atoms with Crippen LogP contribution in [0.2, 0.25) is 0 Å². The van der Waals surface area contributed by atoms with Crippen LogP contribution in [-0.4, -0.2) is 37.2 Å². The molecule has 67 heavy (non-hydrogen) atoms. The van der Waals surface area contributed by atoms with Crippen molar-refractivity contribution in [1.82, 2.24) is 0 Å². The first-order valence-corrected chi connectivity index (χ1v) is 29.1. The number of ether oxygens (including phenoxy) is 3. The Balaban J connectivity index is 4.35. The predicted molar refractivity (Wildman–Crippen MR) is 289 cm³/mol. The van der Waals surface area contributed by atoms with Crippen LogP contribution in [0.15, 0.2) is 48.6 Å². The fourth-order valence-corrected chi connectivity index (χ4v) is 8.39. The van der Waals surface area contributed by atoms with Gasteiger partial charge in [0, 0.05) is 19.3 Å². The number of hydrogen-bond acceptors (Lipinski definition) is 6. The first-order chi connectivity index (χ1) is 33.0. The highest BCUT2D eigenvalue weighted by Crippen LogP contribution is 2.16. The molecule has 0 aliphatic carbocycles. The average Bonchev–Trinajstić information content (AvgIpc) is 3.33. The van der Waals surface area contributed by atoms with Gasteiger partial charge in [0.25, 0.3) is 0 Å². The number of allylic oxidation sites excluding steroid dienone is 8. The first kappa shape index (κ1) is 64.4. The first-order valence-electron chi connectivity index (χ1n) is 29.1. The Hall–Kier alpha value is -2.63. The lowest BCUT2D eigenvalue weighted by molar-refractivity contribution is -0.167. The van der Waals surface area contributed by atoms with Crippen LogP contribution in [0.1, 0.15) is 303 Å². The third-order valence-corrected chi connectivity index (χ3v) is 12.8. The van der Waals surface area contributed by atoms with Crippen LogP contribution in [0.5, 0.6) is 0 Å². The summed E-state index contributed by atoms with van der Waals surface area (Å²) >= 11 is 0. The Bertz CT molecular complexity index is 1170. The molecule has 0 rings (SSSR count). The third-order valence-electron chi connectivity index (χ3n) is 12.8. The molecule has 0 unspecified atom stereocenters. The lowest BCUT2D eigenvalue weighted by Crippen LogP contribution is -2.30. The van der Waals surface area contributed by atoms with Crippen LogP contribution in [-0.2, 0) is 28.6 Å². The van der Waals surface area contributed by atoms with Crippen molar-refractivity contribution in [3.63, 3.8) is 0 Å². The summed E-state index contributed by atoms with van der Waals surface area (Å²) < 4.78 is 16.9. The second-order valence-corrected chi connectivity index (χ2v) is 19.6. The summed E-state index contributed by atoms with van der Waals surface area (Å²) in [5.41, 5.74) is 0. The van der Waals surface area contributed by atoms with Gasteiger partial charge in [0.2, 0.25) is 0 Å².